The van der Waals surface area contributed by atoms with Crippen LogP contribution in [0.5, 0.6) is 0 Å². The fourth-order valence-electron chi connectivity index (χ4n) is 0.808. The van der Waals surface area contributed by atoms with Crippen LogP contribution in [-0.2, 0) is 28.6 Å². The first-order valence-corrected chi connectivity index (χ1v) is 8.23. The van der Waals surface area contributed by atoms with E-state index in [0.29, 0.717) is 6.42 Å². The summed E-state index contributed by atoms with van der Waals surface area (Å²) in [6.07, 6.45) is 2.32. The second-order valence-corrected chi connectivity index (χ2v) is 7.69. The molecule has 0 atom stereocenters. The van der Waals surface area contributed by atoms with E-state index in [-0.39, 0.29) is 13.2 Å². The lowest BCUT2D eigenvalue weighted by Crippen LogP contribution is -2.24. The zero-order valence-electron chi connectivity index (χ0n) is 9.89. The van der Waals surface area contributed by atoms with Crippen molar-refractivity contribution < 1.29 is 25.2 Å². The number of hydrogen-bond donors (Lipinski definition) is 0. The standard InChI is InChI=1S/C8H18O6S2/c1-8(2,7-14-16(4,11)12)5-6-13-15(3,9)10/h5-7H2,1-4H3. The van der Waals surface area contributed by atoms with Crippen molar-refractivity contribution in [3.05, 3.63) is 0 Å². The Kier molecular flexibility index (Phi) is 5.37. The smallest absolute Gasteiger partial charge is 0.264 e. The van der Waals surface area contributed by atoms with Crippen LogP contribution in [-0.4, -0.2) is 42.6 Å². The average molecular weight is 274 g/mol. The van der Waals surface area contributed by atoms with Crippen LogP contribution < -0.4 is 0 Å². The molecule has 0 rings (SSSR count). The van der Waals surface area contributed by atoms with E-state index >= 15 is 0 Å². The molecule has 0 saturated carbocycles. The van der Waals surface area contributed by atoms with E-state index in [1.807, 2.05) is 0 Å². The molecule has 98 valence electrons. The summed E-state index contributed by atoms with van der Waals surface area (Å²) in [6, 6.07) is 0. The molecule has 0 spiro atoms. The summed E-state index contributed by atoms with van der Waals surface area (Å²) in [6.45, 7) is 3.55. The summed E-state index contributed by atoms with van der Waals surface area (Å²) in [5.41, 5.74) is -0.465. The molecular formula is C8H18O6S2. The molecule has 0 radical (unpaired) electrons. The summed E-state index contributed by atoms with van der Waals surface area (Å²) in [7, 11) is -6.92. The van der Waals surface area contributed by atoms with E-state index in [9.17, 15) is 16.8 Å². The zero-order chi connectivity index (χ0) is 13.0. The van der Waals surface area contributed by atoms with Crippen molar-refractivity contribution in [2.45, 2.75) is 20.3 Å². The van der Waals surface area contributed by atoms with Crippen molar-refractivity contribution in [2.24, 2.45) is 5.41 Å². The van der Waals surface area contributed by atoms with Crippen LogP contribution in [0.25, 0.3) is 0 Å². The highest BCUT2D eigenvalue weighted by atomic mass is 32.2. The Morgan fingerprint density at radius 3 is 1.75 bits per heavy atom. The number of hydrogen-bond acceptors (Lipinski definition) is 6. The van der Waals surface area contributed by atoms with Gasteiger partial charge < -0.3 is 0 Å². The van der Waals surface area contributed by atoms with Crippen LogP contribution in [0.2, 0.25) is 0 Å². The molecule has 0 heterocycles. The van der Waals surface area contributed by atoms with Gasteiger partial charge in [0, 0.05) is 0 Å². The monoisotopic (exact) mass is 274 g/mol. The van der Waals surface area contributed by atoms with Crippen LogP contribution >= 0.6 is 0 Å². The van der Waals surface area contributed by atoms with Crippen molar-refractivity contribution >= 4 is 20.2 Å². The predicted molar refractivity (Wildman–Crippen MR) is 60.0 cm³/mol. The fourth-order valence-corrected chi connectivity index (χ4v) is 1.73. The van der Waals surface area contributed by atoms with E-state index in [4.69, 9.17) is 0 Å². The van der Waals surface area contributed by atoms with Gasteiger partial charge in [0.2, 0.25) is 0 Å². The van der Waals surface area contributed by atoms with Gasteiger partial charge in [-0.15, -0.1) is 0 Å². The molecule has 0 aromatic carbocycles. The summed E-state index contributed by atoms with van der Waals surface area (Å²) >= 11 is 0. The van der Waals surface area contributed by atoms with Gasteiger partial charge in [-0.3, -0.25) is 8.37 Å². The van der Waals surface area contributed by atoms with Crippen LogP contribution in [0.1, 0.15) is 20.3 Å². The summed E-state index contributed by atoms with van der Waals surface area (Å²) < 4.78 is 52.1. The lowest BCUT2D eigenvalue weighted by atomic mass is 9.91. The Morgan fingerprint density at radius 2 is 1.38 bits per heavy atom. The zero-order valence-corrected chi connectivity index (χ0v) is 11.5. The van der Waals surface area contributed by atoms with Gasteiger partial charge in [-0.1, -0.05) is 13.8 Å². The molecule has 0 unspecified atom stereocenters. The molecule has 0 amide bonds. The molecule has 0 aliphatic rings. The fraction of sp³-hybridized carbons (Fsp3) is 1.00. The van der Waals surface area contributed by atoms with Crippen molar-refractivity contribution in [2.75, 3.05) is 25.7 Å². The molecule has 0 fully saturated rings. The highest BCUT2D eigenvalue weighted by molar-refractivity contribution is 7.86. The largest absolute Gasteiger partial charge is 0.270 e. The third-order valence-corrected chi connectivity index (χ3v) is 2.88. The van der Waals surface area contributed by atoms with Crippen LogP contribution in [0, 0.1) is 5.41 Å². The first-order chi connectivity index (χ1) is 6.91. The molecule has 0 N–H and O–H groups in total. The van der Waals surface area contributed by atoms with Crippen molar-refractivity contribution in [3.63, 3.8) is 0 Å². The highest BCUT2D eigenvalue weighted by Crippen LogP contribution is 2.21. The lowest BCUT2D eigenvalue weighted by molar-refractivity contribution is 0.150. The third-order valence-electron chi connectivity index (χ3n) is 1.74. The van der Waals surface area contributed by atoms with E-state index < -0.39 is 25.7 Å². The lowest BCUT2D eigenvalue weighted by Gasteiger charge is -2.22. The van der Waals surface area contributed by atoms with Gasteiger partial charge in [0.15, 0.2) is 0 Å². The van der Waals surface area contributed by atoms with Crippen LogP contribution in [0.3, 0.4) is 0 Å². The molecular weight excluding hydrogens is 256 g/mol. The van der Waals surface area contributed by atoms with Gasteiger partial charge in [-0.05, 0) is 11.8 Å². The molecule has 0 bridgehead atoms. The maximum atomic E-state index is 10.8. The van der Waals surface area contributed by atoms with E-state index in [2.05, 4.69) is 8.37 Å². The molecule has 0 aromatic heterocycles. The minimum absolute atomic E-state index is 0.00104. The first-order valence-electron chi connectivity index (χ1n) is 4.60. The predicted octanol–water partition coefficient (Wildman–Crippen LogP) is 0.355. The normalized spacial score (nSPS) is 14.0. The van der Waals surface area contributed by atoms with Crippen molar-refractivity contribution in [1.29, 1.82) is 0 Å². The SMILES string of the molecule is CC(C)(CCOS(C)(=O)=O)COS(C)(=O)=O. The van der Waals surface area contributed by atoms with Gasteiger partial charge in [-0.2, -0.15) is 16.8 Å². The topological polar surface area (TPSA) is 86.7 Å². The molecule has 0 aliphatic heterocycles. The molecule has 8 heteroatoms. The van der Waals surface area contributed by atoms with Crippen LogP contribution in [0.4, 0.5) is 0 Å². The average Bonchev–Trinajstić information content (AvgIpc) is 1.97. The Labute approximate surface area is 97.2 Å². The van der Waals surface area contributed by atoms with E-state index in [1.54, 1.807) is 13.8 Å². The van der Waals surface area contributed by atoms with Crippen molar-refractivity contribution in [3.8, 4) is 0 Å². The summed E-state index contributed by atoms with van der Waals surface area (Å²) in [5, 5.41) is 0. The molecule has 0 aromatic rings. The second-order valence-electron chi connectivity index (χ2n) is 4.41. The van der Waals surface area contributed by atoms with E-state index in [1.165, 1.54) is 0 Å². The minimum Gasteiger partial charge on any atom is -0.270 e. The van der Waals surface area contributed by atoms with Crippen molar-refractivity contribution in [1.82, 2.24) is 0 Å². The minimum atomic E-state index is -3.47. The van der Waals surface area contributed by atoms with Gasteiger partial charge >= 0.3 is 0 Å². The maximum absolute atomic E-state index is 10.8. The number of rotatable bonds is 7. The Bertz CT molecular complexity index is 406. The van der Waals surface area contributed by atoms with Gasteiger partial charge in [0.25, 0.3) is 20.2 Å². The van der Waals surface area contributed by atoms with E-state index in [0.717, 1.165) is 12.5 Å². The summed E-state index contributed by atoms with van der Waals surface area (Å²) in [5.74, 6) is 0. The Hall–Kier alpha value is -0.180. The van der Waals surface area contributed by atoms with Crippen LogP contribution in [0.15, 0.2) is 0 Å². The summed E-state index contributed by atoms with van der Waals surface area (Å²) in [4.78, 5) is 0. The molecule has 0 saturated heterocycles. The Morgan fingerprint density at radius 1 is 0.938 bits per heavy atom. The molecule has 0 aliphatic carbocycles. The Balaban J connectivity index is 4.06. The third kappa shape index (κ3) is 10.3. The quantitative estimate of drug-likeness (QED) is 0.623. The molecule has 6 nitrogen and oxygen atoms in total. The second kappa shape index (κ2) is 5.44. The highest BCUT2D eigenvalue weighted by Gasteiger charge is 2.21. The first kappa shape index (κ1) is 15.8. The van der Waals surface area contributed by atoms with Gasteiger partial charge in [0.1, 0.15) is 0 Å². The molecule has 16 heavy (non-hydrogen) atoms. The maximum Gasteiger partial charge on any atom is 0.264 e. The van der Waals surface area contributed by atoms with Gasteiger partial charge in [-0.25, -0.2) is 0 Å². The van der Waals surface area contributed by atoms with Gasteiger partial charge in [0.05, 0.1) is 25.7 Å².